The number of carbonyl (C=O) groups excluding carboxylic acids is 3. The molecule has 36 heavy (non-hydrogen) atoms. The Bertz CT molecular complexity index is 1340. The molecule has 0 saturated carbocycles. The topological polar surface area (TPSA) is 155 Å². The number of fused-ring (bicyclic) bond motifs is 2. The van der Waals surface area contributed by atoms with Gasteiger partial charge in [0.2, 0.25) is 18.1 Å². The predicted molar refractivity (Wildman–Crippen MR) is 127 cm³/mol. The molecule has 190 valence electrons. The molecule has 2 aromatic rings. The molecule has 5 unspecified atom stereocenters. The van der Waals surface area contributed by atoms with Gasteiger partial charge < -0.3 is 20.1 Å². The van der Waals surface area contributed by atoms with Crippen molar-refractivity contribution in [3.63, 3.8) is 0 Å². The number of pyridine rings is 1. The summed E-state index contributed by atoms with van der Waals surface area (Å²) in [5, 5.41) is 13.4. The minimum Gasteiger partial charge on any atom is -0.434 e. The highest BCUT2D eigenvalue weighted by molar-refractivity contribution is 7.89. The molecule has 3 aliphatic heterocycles. The number of hydrogen-bond donors (Lipinski definition) is 3. The summed E-state index contributed by atoms with van der Waals surface area (Å²) in [5.41, 5.74) is 0. The maximum atomic E-state index is 13.7. The van der Waals surface area contributed by atoms with Crippen LogP contribution in [-0.2, 0) is 29.1 Å². The van der Waals surface area contributed by atoms with E-state index in [1.165, 1.54) is 11.1 Å². The van der Waals surface area contributed by atoms with Gasteiger partial charge in [-0.1, -0.05) is 36.4 Å². The Morgan fingerprint density at radius 2 is 1.89 bits per heavy atom. The van der Waals surface area contributed by atoms with Gasteiger partial charge >= 0.3 is 5.97 Å². The molecule has 0 bridgehead atoms. The minimum atomic E-state index is -4.18. The van der Waals surface area contributed by atoms with Crippen LogP contribution in [0.15, 0.2) is 53.7 Å². The predicted octanol–water partition coefficient (Wildman–Crippen LogP) is 0.341. The van der Waals surface area contributed by atoms with Crippen molar-refractivity contribution in [3.05, 3.63) is 48.7 Å². The first-order chi connectivity index (χ1) is 17.2. The van der Waals surface area contributed by atoms with Gasteiger partial charge in [-0.2, -0.15) is 4.72 Å². The Labute approximate surface area is 207 Å². The lowest BCUT2D eigenvalue weighted by Crippen LogP contribution is -2.57. The molecule has 1 aromatic carbocycles. The quantitative estimate of drug-likeness (QED) is 0.381. The number of esters is 1. The highest BCUT2D eigenvalue weighted by Gasteiger charge is 2.45. The molecule has 5 rings (SSSR count). The van der Waals surface area contributed by atoms with Crippen LogP contribution < -0.4 is 10.0 Å². The summed E-state index contributed by atoms with van der Waals surface area (Å²) in [7, 11) is -4.18. The molecule has 11 nitrogen and oxygen atoms in total. The van der Waals surface area contributed by atoms with E-state index in [0.29, 0.717) is 30.0 Å². The normalized spacial score (nSPS) is 29.4. The van der Waals surface area contributed by atoms with Crippen molar-refractivity contribution in [2.75, 3.05) is 0 Å². The largest absolute Gasteiger partial charge is 0.434 e. The Morgan fingerprint density at radius 1 is 1.11 bits per heavy atom. The number of amides is 2. The van der Waals surface area contributed by atoms with Crippen LogP contribution in [0.4, 0.5) is 0 Å². The summed E-state index contributed by atoms with van der Waals surface area (Å²) >= 11 is 0. The zero-order chi connectivity index (χ0) is 25.4. The molecule has 5 atom stereocenters. The number of hydrogen-bond acceptors (Lipinski definition) is 8. The highest BCUT2D eigenvalue weighted by Crippen LogP contribution is 2.31. The van der Waals surface area contributed by atoms with Gasteiger partial charge in [0.15, 0.2) is 5.03 Å². The standard InChI is InChI=1S/C24H26N4O7S/c29-20-13-18(24(32)35-20)26-21(30)19-10-9-15-6-2-4-8-17(23(31)28(15)19)27-36(33,34)22-16-7-3-1-5-14(16)11-12-25-22/h1-5,7,11-12,15,17-19,24,27,32H,6,8-10,13H2,(H,26,30)/b4-2-. The monoisotopic (exact) mass is 514 g/mol. The van der Waals surface area contributed by atoms with Crippen molar-refractivity contribution in [1.82, 2.24) is 19.9 Å². The van der Waals surface area contributed by atoms with Crippen molar-refractivity contribution >= 4 is 38.6 Å². The maximum Gasteiger partial charge on any atom is 0.310 e. The van der Waals surface area contributed by atoms with Gasteiger partial charge in [0.25, 0.3) is 10.0 Å². The van der Waals surface area contributed by atoms with E-state index in [2.05, 4.69) is 19.8 Å². The third-order valence-electron chi connectivity index (χ3n) is 6.80. The number of ether oxygens (including phenoxy) is 1. The van der Waals surface area contributed by atoms with Crippen molar-refractivity contribution in [1.29, 1.82) is 0 Å². The minimum absolute atomic E-state index is 0.115. The summed E-state index contributed by atoms with van der Waals surface area (Å²) in [6.07, 6.45) is 5.02. The summed E-state index contributed by atoms with van der Waals surface area (Å²) in [4.78, 5) is 43.7. The average Bonchev–Trinajstić information content (AvgIpc) is 3.40. The molecule has 0 aliphatic carbocycles. The van der Waals surface area contributed by atoms with Gasteiger partial charge in [-0.05, 0) is 37.1 Å². The van der Waals surface area contributed by atoms with Gasteiger partial charge in [-0.3, -0.25) is 14.4 Å². The number of aromatic nitrogens is 1. The number of carbonyl (C=O) groups is 3. The van der Waals surface area contributed by atoms with Crippen LogP contribution >= 0.6 is 0 Å². The second-order valence-electron chi connectivity index (χ2n) is 9.15. The summed E-state index contributed by atoms with van der Waals surface area (Å²) < 4.78 is 33.9. The molecule has 3 aliphatic rings. The van der Waals surface area contributed by atoms with E-state index in [4.69, 9.17) is 0 Å². The maximum absolute atomic E-state index is 13.7. The van der Waals surface area contributed by atoms with E-state index in [-0.39, 0.29) is 23.9 Å². The number of aliphatic hydroxyl groups is 1. The molecule has 3 N–H and O–H groups in total. The fourth-order valence-electron chi connectivity index (χ4n) is 5.07. The number of sulfonamides is 1. The molecule has 1 aromatic heterocycles. The van der Waals surface area contributed by atoms with Crippen LogP contribution in [0.3, 0.4) is 0 Å². The molecule has 2 fully saturated rings. The molecule has 4 heterocycles. The molecule has 12 heteroatoms. The lowest BCUT2D eigenvalue weighted by atomic mass is 10.1. The molecule has 2 saturated heterocycles. The number of nitrogens with one attached hydrogen (secondary N) is 2. The fourth-order valence-corrected chi connectivity index (χ4v) is 6.42. The molecule has 0 radical (unpaired) electrons. The van der Waals surface area contributed by atoms with Crippen LogP contribution in [0.25, 0.3) is 10.8 Å². The summed E-state index contributed by atoms with van der Waals surface area (Å²) in [5.74, 6) is -1.65. The van der Waals surface area contributed by atoms with Gasteiger partial charge in [-0.15, -0.1) is 0 Å². The zero-order valence-corrected chi connectivity index (χ0v) is 20.1. The molecular weight excluding hydrogens is 488 g/mol. The van der Waals surface area contributed by atoms with E-state index >= 15 is 0 Å². The third-order valence-corrected chi connectivity index (χ3v) is 8.23. The summed E-state index contributed by atoms with van der Waals surface area (Å²) in [6.45, 7) is 0. The van der Waals surface area contributed by atoms with Crippen LogP contribution in [-0.4, -0.2) is 71.6 Å². The average molecular weight is 515 g/mol. The molecular formula is C24H26N4O7S. The van der Waals surface area contributed by atoms with Crippen molar-refractivity contribution in [2.24, 2.45) is 0 Å². The van der Waals surface area contributed by atoms with E-state index in [0.717, 1.165) is 0 Å². The SMILES string of the molecule is O=C1CC(NC(=O)C2CCC3C/C=C\CC(NS(=O)(=O)c4nccc5ccccc45)C(=O)N32)C(O)O1. The molecule has 2 amide bonds. The Balaban J connectivity index is 1.39. The van der Waals surface area contributed by atoms with Gasteiger partial charge in [0, 0.05) is 17.6 Å². The smallest absolute Gasteiger partial charge is 0.310 e. The van der Waals surface area contributed by atoms with Gasteiger partial charge in [0.05, 0.1) is 6.42 Å². The first-order valence-electron chi connectivity index (χ1n) is 11.8. The van der Waals surface area contributed by atoms with Gasteiger partial charge in [0.1, 0.15) is 18.1 Å². The Kier molecular flexibility index (Phi) is 6.49. The lowest BCUT2D eigenvalue weighted by Gasteiger charge is -2.34. The number of rotatable bonds is 5. The van der Waals surface area contributed by atoms with Crippen molar-refractivity contribution < 1.29 is 32.6 Å². The van der Waals surface area contributed by atoms with Crippen LogP contribution in [0, 0.1) is 0 Å². The first kappa shape index (κ1) is 24.3. The Hall–Kier alpha value is -3.35. The van der Waals surface area contributed by atoms with E-state index in [1.54, 1.807) is 36.4 Å². The number of aliphatic hydroxyl groups excluding tert-OH is 1. The van der Waals surface area contributed by atoms with Crippen LogP contribution in [0.2, 0.25) is 0 Å². The third kappa shape index (κ3) is 4.59. The highest BCUT2D eigenvalue weighted by atomic mass is 32.2. The second-order valence-corrected chi connectivity index (χ2v) is 10.8. The van der Waals surface area contributed by atoms with E-state index in [1.807, 2.05) is 6.08 Å². The Morgan fingerprint density at radius 3 is 2.67 bits per heavy atom. The summed E-state index contributed by atoms with van der Waals surface area (Å²) in [6, 6.07) is 5.46. The van der Waals surface area contributed by atoms with Crippen LogP contribution in [0.5, 0.6) is 0 Å². The number of cyclic esters (lactones) is 1. The molecule has 0 spiro atoms. The van der Waals surface area contributed by atoms with E-state index < -0.39 is 52.2 Å². The number of nitrogens with zero attached hydrogens (tertiary/aromatic N) is 2. The van der Waals surface area contributed by atoms with E-state index in [9.17, 15) is 27.9 Å². The lowest BCUT2D eigenvalue weighted by molar-refractivity contribution is -0.155. The first-order valence-corrected chi connectivity index (χ1v) is 13.2. The zero-order valence-electron chi connectivity index (χ0n) is 19.2. The fraction of sp³-hybridized carbons (Fsp3) is 0.417. The van der Waals surface area contributed by atoms with Gasteiger partial charge in [-0.25, -0.2) is 13.4 Å². The van der Waals surface area contributed by atoms with Crippen molar-refractivity contribution in [2.45, 2.75) is 67.6 Å². The number of benzene rings is 1. The van der Waals surface area contributed by atoms with Crippen molar-refractivity contribution in [3.8, 4) is 0 Å². The second kappa shape index (κ2) is 9.60. The van der Waals surface area contributed by atoms with Crippen LogP contribution in [0.1, 0.15) is 32.1 Å².